The Morgan fingerprint density at radius 3 is 2.31 bits per heavy atom. The number of ether oxygens (including phenoxy) is 2. The largest absolute Gasteiger partial charge is 0.492 e. The van der Waals surface area contributed by atoms with Crippen molar-refractivity contribution in [3.8, 4) is 11.5 Å². The maximum atomic E-state index is 13.0. The number of alkyl halides is 3. The van der Waals surface area contributed by atoms with E-state index in [9.17, 15) is 13.2 Å². The van der Waals surface area contributed by atoms with Crippen molar-refractivity contribution in [2.45, 2.75) is 32.0 Å². The Labute approximate surface area is 210 Å². The predicted molar refractivity (Wildman–Crippen MR) is 135 cm³/mol. The molecule has 4 rings (SSSR count). The lowest BCUT2D eigenvalue weighted by atomic mass is 9.89. The van der Waals surface area contributed by atoms with Gasteiger partial charge >= 0.3 is 6.18 Å². The highest BCUT2D eigenvalue weighted by molar-refractivity contribution is 5.85. The lowest BCUT2D eigenvalue weighted by molar-refractivity contribution is -0.137. The van der Waals surface area contributed by atoms with Crippen LogP contribution in [0.4, 0.5) is 13.2 Å². The van der Waals surface area contributed by atoms with Crippen LogP contribution in [0.1, 0.15) is 36.1 Å². The van der Waals surface area contributed by atoms with Crippen LogP contribution in [0.3, 0.4) is 0 Å². The molecule has 0 fully saturated rings. The van der Waals surface area contributed by atoms with Crippen molar-refractivity contribution in [2.75, 3.05) is 19.7 Å². The summed E-state index contributed by atoms with van der Waals surface area (Å²) in [6.45, 7) is 5.94. The van der Waals surface area contributed by atoms with Gasteiger partial charge in [-0.05, 0) is 73.9 Å². The zero-order chi connectivity index (χ0) is 24.2. The van der Waals surface area contributed by atoms with Crippen LogP contribution in [-0.2, 0) is 12.6 Å². The molecular formula is C28H29ClF3NO2. The van der Waals surface area contributed by atoms with Crippen LogP contribution in [0.25, 0.3) is 5.57 Å². The Morgan fingerprint density at radius 1 is 0.914 bits per heavy atom. The molecule has 0 bridgehead atoms. The van der Waals surface area contributed by atoms with Gasteiger partial charge in [0, 0.05) is 18.2 Å². The smallest absolute Gasteiger partial charge is 0.416 e. The molecule has 0 spiro atoms. The van der Waals surface area contributed by atoms with E-state index in [1.54, 1.807) is 0 Å². The van der Waals surface area contributed by atoms with E-state index in [0.29, 0.717) is 30.2 Å². The zero-order valence-corrected chi connectivity index (χ0v) is 20.5. The van der Waals surface area contributed by atoms with E-state index in [-0.39, 0.29) is 12.4 Å². The molecule has 0 aliphatic carbocycles. The summed E-state index contributed by atoms with van der Waals surface area (Å²) < 4.78 is 50.9. The second kappa shape index (κ2) is 11.2. The number of halogens is 4. The van der Waals surface area contributed by atoms with Crippen LogP contribution in [0.2, 0.25) is 0 Å². The summed E-state index contributed by atoms with van der Waals surface area (Å²) in [4.78, 5) is 0. The predicted octanol–water partition coefficient (Wildman–Crippen LogP) is 6.94. The van der Waals surface area contributed by atoms with Gasteiger partial charge in [-0.15, -0.1) is 12.4 Å². The first kappa shape index (κ1) is 26.6. The normalized spacial score (nSPS) is 14.3. The molecule has 0 aromatic heterocycles. The number of fused-ring (bicyclic) bond motifs is 1. The number of hydrogen-bond acceptors (Lipinski definition) is 3. The third kappa shape index (κ3) is 7.03. The Morgan fingerprint density at radius 2 is 1.63 bits per heavy atom. The SMILES string of the molecule is CC1(C)C=C(c2ccc(C(F)(F)F)cc2)c2ccc(OCCNCCc3ccccc3)cc2O1.Cl. The van der Waals surface area contributed by atoms with E-state index < -0.39 is 17.3 Å². The summed E-state index contributed by atoms with van der Waals surface area (Å²) in [6, 6.07) is 21.1. The van der Waals surface area contributed by atoms with E-state index >= 15 is 0 Å². The summed E-state index contributed by atoms with van der Waals surface area (Å²) >= 11 is 0. The molecule has 3 aromatic carbocycles. The standard InChI is InChI=1S/C28H28F3NO2.ClH/c1-27(2)19-25(21-8-10-22(11-9-21)28(29,30)31)24-13-12-23(18-26(24)34-27)33-17-16-32-15-14-20-6-4-3-5-7-20;/h3-13,18-19,32H,14-17H2,1-2H3;1H. The molecule has 3 nitrogen and oxygen atoms in total. The fourth-order valence-corrected chi connectivity index (χ4v) is 3.96. The Hall–Kier alpha value is -2.96. The highest BCUT2D eigenvalue weighted by atomic mass is 35.5. The molecule has 0 amide bonds. The maximum absolute atomic E-state index is 13.0. The van der Waals surface area contributed by atoms with Gasteiger partial charge < -0.3 is 14.8 Å². The zero-order valence-electron chi connectivity index (χ0n) is 19.7. The fraction of sp³-hybridized carbons (Fsp3) is 0.286. The highest BCUT2D eigenvalue weighted by Gasteiger charge is 2.31. The number of rotatable bonds is 8. The molecule has 1 aliphatic rings. The lowest BCUT2D eigenvalue weighted by Gasteiger charge is -2.31. The quantitative estimate of drug-likeness (QED) is 0.338. The monoisotopic (exact) mass is 503 g/mol. The molecule has 1 aliphatic heterocycles. The summed E-state index contributed by atoms with van der Waals surface area (Å²) in [5.74, 6) is 1.34. The van der Waals surface area contributed by atoms with Gasteiger partial charge in [-0.1, -0.05) is 42.5 Å². The van der Waals surface area contributed by atoms with Crippen molar-refractivity contribution >= 4 is 18.0 Å². The Kier molecular flexibility index (Phi) is 8.51. The average Bonchev–Trinajstić information content (AvgIpc) is 2.80. The summed E-state index contributed by atoms with van der Waals surface area (Å²) in [5.41, 5.74) is 2.40. The van der Waals surface area contributed by atoms with Gasteiger partial charge in [-0.2, -0.15) is 13.2 Å². The number of benzene rings is 3. The first-order valence-corrected chi connectivity index (χ1v) is 11.3. The molecule has 3 aromatic rings. The second-order valence-corrected chi connectivity index (χ2v) is 8.83. The van der Waals surface area contributed by atoms with Crippen molar-refractivity contribution in [3.05, 3.63) is 101 Å². The topological polar surface area (TPSA) is 30.5 Å². The van der Waals surface area contributed by atoms with Gasteiger partial charge in [0.2, 0.25) is 0 Å². The van der Waals surface area contributed by atoms with E-state index in [2.05, 4.69) is 17.4 Å². The van der Waals surface area contributed by atoms with Crippen LogP contribution >= 0.6 is 12.4 Å². The first-order chi connectivity index (χ1) is 16.2. The van der Waals surface area contributed by atoms with Crippen molar-refractivity contribution in [1.29, 1.82) is 0 Å². The van der Waals surface area contributed by atoms with Crippen molar-refractivity contribution in [2.24, 2.45) is 0 Å². The van der Waals surface area contributed by atoms with Gasteiger partial charge in [-0.3, -0.25) is 0 Å². The van der Waals surface area contributed by atoms with Crippen LogP contribution in [-0.4, -0.2) is 25.3 Å². The van der Waals surface area contributed by atoms with Crippen molar-refractivity contribution in [3.63, 3.8) is 0 Å². The van der Waals surface area contributed by atoms with Gasteiger partial charge in [-0.25, -0.2) is 0 Å². The van der Waals surface area contributed by atoms with E-state index in [1.807, 2.05) is 56.3 Å². The van der Waals surface area contributed by atoms with Gasteiger partial charge in [0.05, 0.1) is 5.56 Å². The van der Waals surface area contributed by atoms with E-state index in [4.69, 9.17) is 9.47 Å². The minimum atomic E-state index is -4.36. The van der Waals surface area contributed by atoms with Gasteiger partial charge in [0.25, 0.3) is 0 Å². The first-order valence-electron chi connectivity index (χ1n) is 11.3. The van der Waals surface area contributed by atoms with Gasteiger partial charge in [0.15, 0.2) is 0 Å². The third-order valence-corrected chi connectivity index (χ3v) is 5.61. The lowest BCUT2D eigenvalue weighted by Crippen LogP contribution is -2.29. The molecule has 0 saturated heterocycles. The van der Waals surface area contributed by atoms with Crippen LogP contribution < -0.4 is 14.8 Å². The summed E-state index contributed by atoms with van der Waals surface area (Å²) in [7, 11) is 0. The molecule has 0 atom stereocenters. The highest BCUT2D eigenvalue weighted by Crippen LogP contribution is 2.41. The van der Waals surface area contributed by atoms with Crippen LogP contribution in [0.5, 0.6) is 11.5 Å². The van der Waals surface area contributed by atoms with E-state index in [1.165, 1.54) is 17.7 Å². The van der Waals surface area contributed by atoms with E-state index in [0.717, 1.165) is 36.2 Å². The molecule has 0 unspecified atom stereocenters. The molecule has 35 heavy (non-hydrogen) atoms. The van der Waals surface area contributed by atoms with Gasteiger partial charge in [0.1, 0.15) is 23.7 Å². The molecule has 7 heteroatoms. The second-order valence-electron chi connectivity index (χ2n) is 8.83. The summed E-state index contributed by atoms with van der Waals surface area (Å²) in [6.07, 6.45) is -1.46. The van der Waals surface area contributed by atoms with Crippen molar-refractivity contribution < 1.29 is 22.6 Å². The molecule has 1 heterocycles. The minimum absolute atomic E-state index is 0. The van der Waals surface area contributed by atoms with Crippen molar-refractivity contribution in [1.82, 2.24) is 5.32 Å². The Balaban J connectivity index is 0.00000342. The molecule has 0 radical (unpaired) electrons. The maximum Gasteiger partial charge on any atom is 0.416 e. The average molecular weight is 504 g/mol. The van der Waals surface area contributed by atoms with Crippen LogP contribution in [0.15, 0.2) is 78.9 Å². The third-order valence-electron chi connectivity index (χ3n) is 5.61. The minimum Gasteiger partial charge on any atom is -0.492 e. The number of hydrogen-bond donors (Lipinski definition) is 1. The molecular weight excluding hydrogens is 475 g/mol. The molecule has 0 saturated carbocycles. The summed E-state index contributed by atoms with van der Waals surface area (Å²) in [5, 5.41) is 3.38. The molecule has 1 N–H and O–H groups in total. The number of nitrogens with one attached hydrogen (secondary N) is 1. The Bertz CT molecular complexity index is 1140. The van der Waals surface area contributed by atoms with Crippen LogP contribution in [0, 0.1) is 0 Å². The fourth-order valence-electron chi connectivity index (χ4n) is 3.96. The molecule has 186 valence electrons.